The second-order valence-electron chi connectivity index (χ2n) is 9.42. The predicted molar refractivity (Wildman–Crippen MR) is 157 cm³/mol. The van der Waals surface area contributed by atoms with Crippen molar-refractivity contribution < 1.29 is 28.5 Å². The molecule has 0 aliphatic carbocycles. The first-order valence-electron chi connectivity index (χ1n) is 13.0. The Morgan fingerprint density at radius 2 is 1.74 bits per heavy atom. The van der Waals surface area contributed by atoms with Gasteiger partial charge in [0.05, 0.1) is 36.1 Å². The fourth-order valence-corrected chi connectivity index (χ4v) is 5.70. The third-order valence-electron chi connectivity index (χ3n) is 6.61. The van der Waals surface area contributed by atoms with Crippen LogP contribution in [-0.2, 0) is 20.9 Å². The zero-order chi connectivity index (χ0) is 29.8. The van der Waals surface area contributed by atoms with Crippen molar-refractivity contribution >= 4 is 29.4 Å². The molecule has 2 heterocycles. The number of hydrogen-bond acceptors (Lipinski definition) is 9. The van der Waals surface area contributed by atoms with Crippen molar-refractivity contribution in [3.8, 4) is 17.2 Å². The van der Waals surface area contributed by atoms with Crippen LogP contribution in [0.5, 0.6) is 17.2 Å². The number of allylic oxidation sites excluding steroid dienone is 1. The number of aromatic nitrogens is 1. The molecule has 1 aliphatic heterocycles. The zero-order valence-electron chi connectivity index (χ0n) is 23.5. The standard InChI is InChI=1S/C32H28N2O7S/c1-19-28(31(37)39-4)29(23-12-15-25(41-20(2)35)26(17-23)38-3)34-30(36)27(42-32(34)33-19)16-21-10-13-24(14-11-21)40-18-22-8-6-5-7-9-22/h5-17,29H,18H2,1-4H3. The smallest absolute Gasteiger partial charge is 0.338 e. The van der Waals surface area contributed by atoms with Crippen molar-refractivity contribution in [2.75, 3.05) is 14.2 Å². The van der Waals surface area contributed by atoms with Gasteiger partial charge in [0, 0.05) is 6.92 Å². The van der Waals surface area contributed by atoms with Crippen molar-refractivity contribution in [3.05, 3.63) is 120 Å². The highest BCUT2D eigenvalue weighted by Gasteiger charge is 2.33. The molecule has 10 heteroatoms. The van der Waals surface area contributed by atoms with Crippen molar-refractivity contribution in [3.63, 3.8) is 0 Å². The Kier molecular flexibility index (Phi) is 8.35. The van der Waals surface area contributed by atoms with Gasteiger partial charge < -0.3 is 18.9 Å². The number of benzene rings is 3. The summed E-state index contributed by atoms with van der Waals surface area (Å²) in [6.45, 7) is 3.44. The van der Waals surface area contributed by atoms with E-state index in [-0.39, 0.29) is 22.6 Å². The minimum absolute atomic E-state index is 0.220. The number of esters is 2. The molecule has 1 unspecified atom stereocenters. The summed E-state index contributed by atoms with van der Waals surface area (Å²) in [6.07, 6.45) is 1.78. The van der Waals surface area contributed by atoms with E-state index in [1.165, 1.54) is 37.0 Å². The van der Waals surface area contributed by atoms with E-state index >= 15 is 0 Å². The van der Waals surface area contributed by atoms with E-state index in [0.29, 0.717) is 33.0 Å². The van der Waals surface area contributed by atoms with Gasteiger partial charge in [-0.2, -0.15) is 0 Å². The Morgan fingerprint density at radius 3 is 2.40 bits per heavy atom. The predicted octanol–water partition coefficient (Wildman–Crippen LogP) is 3.92. The fraction of sp³-hybridized carbons (Fsp3) is 0.188. The number of methoxy groups -OCH3 is 2. The molecule has 0 spiro atoms. The second kappa shape index (κ2) is 12.3. The summed E-state index contributed by atoms with van der Waals surface area (Å²) in [5.41, 5.74) is 2.77. The average Bonchev–Trinajstić information content (AvgIpc) is 3.30. The first kappa shape index (κ1) is 28.6. The van der Waals surface area contributed by atoms with Gasteiger partial charge in [-0.1, -0.05) is 59.9 Å². The van der Waals surface area contributed by atoms with Crippen LogP contribution in [0.3, 0.4) is 0 Å². The number of nitrogens with zero attached hydrogens (tertiary/aromatic N) is 2. The molecule has 0 amide bonds. The van der Waals surface area contributed by atoms with Gasteiger partial charge in [0.1, 0.15) is 12.4 Å². The SMILES string of the molecule is COC(=O)C1=C(C)N=c2sc(=Cc3ccc(OCc4ccccc4)cc3)c(=O)n2C1c1ccc(OC(C)=O)c(OC)c1. The minimum Gasteiger partial charge on any atom is -0.493 e. The normalized spacial score (nSPS) is 14.6. The monoisotopic (exact) mass is 584 g/mol. The Balaban J connectivity index is 1.54. The molecule has 0 fully saturated rings. The molecule has 0 saturated heterocycles. The molecule has 42 heavy (non-hydrogen) atoms. The number of fused-ring (bicyclic) bond motifs is 1. The lowest BCUT2D eigenvalue weighted by Crippen LogP contribution is -2.39. The van der Waals surface area contributed by atoms with E-state index in [9.17, 15) is 14.4 Å². The molecule has 9 nitrogen and oxygen atoms in total. The molecule has 1 aromatic heterocycles. The van der Waals surface area contributed by atoms with E-state index in [0.717, 1.165) is 11.1 Å². The molecule has 0 radical (unpaired) electrons. The van der Waals surface area contributed by atoms with E-state index in [2.05, 4.69) is 4.99 Å². The number of carbonyl (C=O) groups excluding carboxylic acids is 2. The summed E-state index contributed by atoms with van der Waals surface area (Å²) in [5.74, 6) is 0.0957. The Hall–Kier alpha value is -4.96. The lowest BCUT2D eigenvalue weighted by atomic mass is 9.95. The van der Waals surface area contributed by atoms with Crippen LogP contribution < -0.4 is 29.1 Å². The number of carbonyl (C=O) groups is 2. The van der Waals surface area contributed by atoms with Gasteiger partial charge in [0.15, 0.2) is 16.3 Å². The maximum absolute atomic E-state index is 13.8. The quantitative estimate of drug-likeness (QED) is 0.228. The van der Waals surface area contributed by atoms with Gasteiger partial charge in [0.25, 0.3) is 5.56 Å². The number of rotatable bonds is 8. The van der Waals surface area contributed by atoms with E-state index in [4.69, 9.17) is 18.9 Å². The third kappa shape index (κ3) is 5.89. The van der Waals surface area contributed by atoms with Gasteiger partial charge in [-0.25, -0.2) is 9.79 Å². The number of ether oxygens (including phenoxy) is 4. The van der Waals surface area contributed by atoms with Crippen LogP contribution in [0.2, 0.25) is 0 Å². The lowest BCUT2D eigenvalue weighted by molar-refractivity contribution is -0.136. The molecule has 1 aliphatic rings. The molecular weight excluding hydrogens is 556 g/mol. The van der Waals surface area contributed by atoms with E-state index < -0.39 is 18.0 Å². The molecule has 4 aromatic rings. The second-order valence-corrected chi connectivity index (χ2v) is 10.4. The van der Waals surface area contributed by atoms with Crippen LogP contribution >= 0.6 is 11.3 Å². The molecule has 214 valence electrons. The van der Waals surface area contributed by atoms with Gasteiger partial charge in [-0.05, 0) is 54.0 Å². The number of thiazole rings is 1. The molecule has 1 atom stereocenters. The van der Waals surface area contributed by atoms with Gasteiger partial charge >= 0.3 is 11.9 Å². The van der Waals surface area contributed by atoms with Crippen molar-refractivity contribution in [2.45, 2.75) is 26.5 Å². The summed E-state index contributed by atoms with van der Waals surface area (Å²) in [4.78, 5) is 43.4. The van der Waals surface area contributed by atoms with Crippen LogP contribution in [0.1, 0.15) is 36.6 Å². The van der Waals surface area contributed by atoms with Crippen LogP contribution in [0.4, 0.5) is 0 Å². The van der Waals surface area contributed by atoms with E-state index in [1.54, 1.807) is 31.2 Å². The first-order valence-corrected chi connectivity index (χ1v) is 13.8. The Bertz CT molecular complexity index is 1860. The third-order valence-corrected chi connectivity index (χ3v) is 7.59. The Labute approximate surface area is 245 Å². The van der Waals surface area contributed by atoms with Crippen molar-refractivity contribution in [1.82, 2.24) is 4.57 Å². The van der Waals surface area contributed by atoms with Gasteiger partial charge in [-0.15, -0.1) is 0 Å². The maximum atomic E-state index is 13.8. The van der Waals surface area contributed by atoms with Crippen LogP contribution in [-0.4, -0.2) is 30.7 Å². The minimum atomic E-state index is -0.843. The number of hydrogen-bond donors (Lipinski definition) is 0. The summed E-state index contributed by atoms with van der Waals surface area (Å²) in [6, 6.07) is 21.4. The zero-order valence-corrected chi connectivity index (χ0v) is 24.3. The van der Waals surface area contributed by atoms with E-state index in [1.807, 2.05) is 54.6 Å². The van der Waals surface area contributed by atoms with Crippen molar-refractivity contribution in [1.29, 1.82) is 0 Å². The highest BCUT2D eigenvalue weighted by atomic mass is 32.1. The molecule has 0 saturated carbocycles. The first-order chi connectivity index (χ1) is 20.3. The molecular formula is C32H28N2O7S. The highest BCUT2D eigenvalue weighted by Crippen LogP contribution is 2.36. The summed E-state index contributed by atoms with van der Waals surface area (Å²) >= 11 is 1.22. The maximum Gasteiger partial charge on any atom is 0.338 e. The summed E-state index contributed by atoms with van der Waals surface area (Å²) in [5, 5.41) is 0. The molecule has 0 N–H and O–H groups in total. The van der Waals surface area contributed by atoms with Gasteiger partial charge in [0.2, 0.25) is 0 Å². The Morgan fingerprint density at radius 1 is 1.00 bits per heavy atom. The molecule has 3 aromatic carbocycles. The largest absolute Gasteiger partial charge is 0.493 e. The topological polar surface area (TPSA) is 105 Å². The average molecular weight is 585 g/mol. The lowest BCUT2D eigenvalue weighted by Gasteiger charge is -2.25. The van der Waals surface area contributed by atoms with Crippen LogP contribution in [0.25, 0.3) is 6.08 Å². The highest BCUT2D eigenvalue weighted by molar-refractivity contribution is 7.07. The molecule has 0 bridgehead atoms. The summed E-state index contributed by atoms with van der Waals surface area (Å²) < 4.78 is 23.6. The molecule has 5 rings (SSSR count). The summed E-state index contributed by atoms with van der Waals surface area (Å²) in [7, 11) is 2.72. The van der Waals surface area contributed by atoms with Gasteiger partial charge in [-0.3, -0.25) is 14.2 Å². The van der Waals surface area contributed by atoms with Crippen LogP contribution in [0, 0.1) is 0 Å². The van der Waals surface area contributed by atoms with Crippen molar-refractivity contribution in [2.24, 2.45) is 4.99 Å². The van der Waals surface area contributed by atoms with Crippen LogP contribution in [0.15, 0.2) is 93.9 Å². The fourth-order valence-electron chi connectivity index (χ4n) is 4.65.